The topological polar surface area (TPSA) is 15.3 Å². The van der Waals surface area contributed by atoms with Gasteiger partial charge in [-0.05, 0) is 44.7 Å². The first-order valence-electron chi connectivity index (χ1n) is 7.99. The molecule has 0 radical (unpaired) electrons. The van der Waals surface area contributed by atoms with Crippen LogP contribution < -0.4 is 5.32 Å². The Labute approximate surface area is 115 Å². The fourth-order valence-electron chi connectivity index (χ4n) is 2.65. The van der Waals surface area contributed by atoms with Crippen molar-refractivity contribution in [2.45, 2.75) is 72.3 Å². The van der Waals surface area contributed by atoms with E-state index in [4.69, 9.17) is 0 Å². The minimum Gasteiger partial charge on any atom is -0.313 e. The highest BCUT2D eigenvalue weighted by atomic mass is 15.1. The molecule has 2 heteroatoms. The predicted octanol–water partition coefficient (Wildman–Crippen LogP) is 3.67. The minimum absolute atomic E-state index is 0.581. The van der Waals surface area contributed by atoms with E-state index in [1.165, 1.54) is 58.2 Å². The van der Waals surface area contributed by atoms with E-state index >= 15 is 0 Å². The summed E-state index contributed by atoms with van der Waals surface area (Å²) in [6.45, 7) is 14.4. The Kier molecular flexibility index (Phi) is 7.25. The van der Waals surface area contributed by atoms with Crippen molar-refractivity contribution in [3.8, 4) is 0 Å². The fourth-order valence-corrected chi connectivity index (χ4v) is 2.65. The molecule has 0 spiro atoms. The molecule has 1 rings (SSSR count). The van der Waals surface area contributed by atoms with Gasteiger partial charge in [-0.2, -0.15) is 0 Å². The van der Waals surface area contributed by atoms with Crippen LogP contribution in [0.4, 0.5) is 0 Å². The number of hydrogen-bond donors (Lipinski definition) is 1. The van der Waals surface area contributed by atoms with Crippen molar-refractivity contribution in [2.24, 2.45) is 5.41 Å². The van der Waals surface area contributed by atoms with Gasteiger partial charge in [0.15, 0.2) is 0 Å². The molecule has 1 saturated heterocycles. The van der Waals surface area contributed by atoms with Gasteiger partial charge in [-0.3, -0.25) is 0 Å². The van der Waals surface area contributed by atoms with E-state index in [0.29, 0.717) is 11.5 Å². The number of nitrogens with one attached hydrogen (secondary N) is 1. The van der Waals surface area contributed by atoms with Gasteiger partial charge in [0.1, 0.15) is 0 Å². The Morgan fingerprint density at radius 1 is 1.17 bits per heavy atom. The number of likely N-dealkylation sites (tertiary alicyclic amines) is 1. The molecule has 0 aromatic heterocycles. The predicted molar refractivity (Wildman–Crippen MR) is 81.1 cm³/mol. The monoisotopic (exact) mass is 254 g/mol. The second kappa shape index (κ2) is 8.16. The lowest BCUT2D eigenvalue weighted by Crippen LogP contribution is -2.42. The third-order valence-electron chi connectivity index (χ3n) is 4.37. The van der Waals surface area contributed by atoms with Crippen LogP contribution in [0.2, 0.25) is 0 Å². The summed E-state index contributed by atoms with van der Waals surface area (Å²) in [5, 5.41) is 3.67. The van der Waals surface area contributed by atoms with Gasteiger partial charge < -0.3 is 10.2 Å². The maximum Gasteiger partial charge on any atom is 0.0107 e. The highest BCUT2D eigenvalue weighted by Crippen LogP contribution is 2.29. The molecule has 0 aromatic rings. The summed E-state index contributed by atoms with van der Waals surface area (Å²) in [6, 6.07) is 0.692. The first-order valence-corrected chi connectivity index (χ1v) is 7.99. The van der Waals surface area contributed by atoms with E-state index < -0.39 is 0 Å². The second-order valence-electron chi connectivity index (χ2n) is 6.86. The molecule has 2 nitrogen and oxygen atoms in total. The van der Waals surface area contributed by atoms with E-state index in [9.17, 15) is 0 Å². The third-order valence-corrected chi connectivity index (χ3v) is 4.37. The number of piperidine rings is 1. The Morgan fingerprint density at radius 3 is 2.44 bits per heavy atom. The minimum atomic E-state index is 0.581. The van der Waals surface area contributed by atoms with Crippen LogP contribution in [-0.2, 0) is 0 Å². The zero-order valence-corrected chi connectivity index (χ0v) is 13.1. The van der Waals surface area contributed by atoms with Gasteiger partial charge in [-0.25, -0.2) is 0 Å². The van der Waals surface area contributed by atoms with E-state index in [0.717, 1.165) is 6.54 Å². The quantitative estimate of drug-likeness (QED) is 0.665. The Bertz CT molecular complexity index is 203. The lowest BCUT2D eigenvalue weighted by molar-refractivity contribution is 0.132. The van der Waals surface area contributed by atoms with E-state index in [1.54, 1.807) is 0 Å². The second-order valence-corrected chi connectivity index (χ2v) is 6.86. The van der Waals surface area contributed by atoms with E-state index in [1.807, 2.05) is 0 Å². The number of hydrogen-bond acceptors (Lipinski definition) is 2. The SMILES string of the molecule is CCCCCC(C)NCCN1CCC(C)(C)CC1. The molecule has 0 saturated carbocycles. The lowest BCUT2D eigenvalue weighted by Gasteiger charge is -2.37. The highest BCUT2D eigenvalue weighted by Gasteiger charge is 2.24. The molecule has 1 N–H and O–H groups in total. The van der Waals surface area contributed by atoms with Crippen molar-refractivity contribution in [1.29, 1.82) is 0 Å². The van der Waals surface area contributed by atoms with Crippen LogP contribution in [-0.4, -0.2) is 37.1 Å². The van der Waals surface area contributed by atoms with Crippen LogP contribution in [0.5, 0.6) is 0 Å². The smallest absolute Gasteiger partial charge is 0.0107 e. The summed E-state index contributed by atoms with van der Waals surface area (Å²) in [4.78, 5) is 2.62. The average molecular weight is 254 g/mol. The van der Waals surface area contributed by atoms with E-state index in [2.05, 4.69) is 37.9 Å². The molecule has 1 aliphatic heterocycles. The summed E-state index contributed by atoms with van der Waals surface area (Å²) >= 11 is 0. The van der Waals surface area contributed by atoms with Crippen molar-refractivity contribution in [3.05, 3.63) is 0 Å². The standard InChI is InChI=1S/C16H34N2/c1-5-6-7-8-15(2)17-11-14-18-12-9-16(3,4)10-13-18/h15,17H,5-14H2,1-4H3. The highest BCUT2D eigenvalue weighted by molar-refractivity contribution is 4.78. The van der Waals surface area contributed by atoms with Crippen molar-refractivity contribution in [3.63, 3.8) is 0 Å². The lowest BCUT2D eigenvalue weighted by atomic mass is 9.83. The largest absolute Gasteiger partial charge is 0.313 e. The van der Waals surface area contributed by atoms with Crippen LogP contribution >= 0.6 is 0 Å². The van der Waals surface area contributed by atoms with Crippen LogP contribution in [0, 0.1) is 5.41 Å². The Morgan fingerprint density at radius 2 is 1.83 bits per heavy atom. The fraction of sp³-hybridized carbons (Fsp3) is 1.00. The number of rotatable bonds is 8. The molecule has 0 aromatic carbocycles. The summed E-state index contributed by atoms with van der Waals surface area (Å²) in [6.07, 6.45) is 8.14. The van der Waals surface area contributed by atoms with Crippen LogP contribution in [0.25, 0.3) is 0 Å². The van der Waals surface area contributed by atoms with Crippen molar-refractivity contribution >= 4 is 0 Å². The number of unbranched alkanes of at least 4 members (excludes halogenated alkanes) is 2. The summed E-state index contributed by atoms with van der Waals surface area (Å²) in [7, 11) is 0. The molecular weight excluding hydrogens is 220 g/mol. The zero-order chi connectivity index (χ0) is 13.4. The maximum absolute atomic E-state index is 3.67. The molecule has 108 valence electrons. The molecule has 1 atom stereocenters. The first kappa shape index (κ1) is 16.0. The summed E-state index contributed by atoms with van der Waals surface area (Å²) in [5.74, 6) is 0. The molecule has 1 unspecified atom stereocenters. The molecule has 0 amide bonds. The first-order chi connectivity index (χ1) is 8.53. The molecule has 1 heterocycles. The molecular formula is C16H34N2. The van der Waals surface area contributed by atoms with Crippen LogP contribution in [0.1, 0.15) is 66.2 Å². The molecule has 18 heavy (non-hydrogen) atoms. The molecule has 0 bridgehead atoms. The van der Waals surface area contributed by atoms with E-state index in [-0.39, 0.29) is 0 Å². The Hall–Kier alpha value is -0.0800. The maximum atomic E-state index is 3.67. The van der Waals surface area contributed by atoms with Gasteiger partial charge in [0, 0.05) is 19.1 Å². The van der Waals surface area contributed by atoms with Crippen molar-refractivity contribution in [1.82, 2.24) is 10.2 Å². The Balaban J connectivity index is 2.01. The van der Waals surface area contributed by atoms with Gasteiger partial charge in [0.2, 0.25) is 0 Å². The van der Waals surface area contributed by atoms with Crippen LogP contribution in [0.15, 0.2) is 0 Å². The van der Waals surface area contributed by atoms with Crippen LogP contribution in [0.3, 0.4) is 0 Å². The van der Waals surface area contributed by atoms with Crippen molar-refractivity contribution in [2.75, 3.05) is 26.2 Å². The summed E-state index contributed by atoms with van der Waals surface area (Å²) < 4.78 is 0. The molecule has 1 aliphatic rings. The third kappa shape index (κ3) is 6.75. The van der Waals surface area contributed by atoms with Crippen molar-refractivity contribution < 1.29 is 0 Å². The average Bonchev–Trinajstić information content (AvgIpc) is 2.32. The normalized spacial score (nSPS) is 22.0. The number of nitrogens with zero attached hydrogens (tertiary/aromatic N) is 1. The van der Waals surface area contributed by atoms with Gasteiger partial charge in [-0.15, -0.1) is 0 Å². The van der Waals surface area contributed by atoms with Gasteiger partial charge in [-0.1, -0.05) is 40.0 Å². The summed E-state index contributed by atoms with van der Waals surface area (Å²) in [5.41, 5.74) is 0.581. The molecule has 0 aliphatic carbocycles. The molecule has 1 fully saturated rings. The van der Waals surface area contributed by atoms with Gasteiger partial charge in [0.05, 0.1) is 0 Å². The van der Waals surface area contributed by atoms with Gasteiger partial charge >= 0.3 is 0 Å². The van der Waals surface area contributed by atoms with Gasteiger partial charge in [0.25, 0.3) is 0 Å². The zero-order valence-electron chi connectivity index (χ0n) is 13.1.